The number of furan rings is 1. The zero-order valence-corrected chi connectivity index (χ0v) is 19.0. The van der Waals surface area contributed by atoms with Crippen molar-refractivity contribution in [2.45, 2.75) is 20.4 Å². The molecule has 0 unspecified atom stereocenters. The van der Waals surface area contributed by atoms with Crippen LogP contribution in [-0.4, -0.2) is 32.6 Å². The zero-order valence-electron chi connectivity index (χ0n) is 19.0. The number of carbonyl (C=O) groups excluding carboxylic acids is 3. The lowest BCUT2D eigenvalue weighted by Crippen LogP contribution is -2.28. The van der Waals surface area contributed by atoms with Gasteiger partial charge in [0.25, 0.3) is 17.7 Å². The number of nitrogens with zero attached hydrogens (tertiary/aromatic N) is 3. The summed E-state index contributed by atoms with van der Waals surface area (Å²) in [6.07, 6.45) is 1.48. The maximum Gasteiger partial charge on any atom is 0.261 e. The number of aromatic nitrogens is 2. The molecule has 3 amide bonds. The molecule has 0 saturated carbocycles. The van der Waals surface area contributed by atoms with Crippen LogP contribution in [0.15, 0.2) is 71.3 Å². The van der Waals surface area contributed by atoms with Crippen LogP contribution in [0.3, 0.4) is 0 Å². The average Bonchev–Trinajstić information content (AvgIpc) is 3.42. The number of aryl methyl sites for hydroxylation is 2. The number of nitrogens with one attached hydrogen (secondary N) is 2. The molecule has 0 fully saturated rings. The standard InChI is InChI=1S/C26H21N5O4/c1-15-12-16(2)28-26(27-15)30-19-8-6-18(7-9-19)29-23(32)17-5-10-21-22(13-17)25(34)31(24(21)33)14-20-4-3-11-35-20/h3-13H,14H2,1-2H3,(H,29,32)(H,27,28,30). The Balaban J connectivity index is 1.27. The van der Waals surface area contributed by atoms with Crippen LogP contribution in [0.5, 0.6) is 0 Å². The predicted octanol–water partition coefficient (Wildman–Crippen LogP) is 4.48. The van der Waals surface area contributed by atoms with Gasteiger partial charge in [0.1, 0.15) is 5.76 Å². The first-order valence-corrected chi connectivity index (χ1v) is 10.9. The topological polar surface area (TPSA) is 117 Å². The number of fused-ring (bicyclic) bond motifs is 1. The van der Waals surface area contributed by atoms with Crippen molar-refractivity contribution in [3.05, 3.63) is 101 Å². The number of amides is 3. The molecule has 9 nitrogen and oxygen atoms in total. The van der Waals surface area contributed by atoms with Gasteiger partial charge in [-0.3, -0.25) is 19.3 Å². The van der Waals surface area contributed by atoms with E-state index in [2.05, 4.69) is 20.6 Å². The van der Waals surface area contributed by atoms with Crippen molar-refractivity contribution in [2.24, 2.45) is 0 Å². The van der Waals surface area contributed by atoms with Crippen LogP contribution >= 0.6 is 0 Å². The van der Waals surface area contributed by atoms with E-state index >= 15 is 0 Å². The Morgan fingerprint density at radius 3 is 2.26 bits per heavy atom. The lowest BCUT2D eigenvalue weighted by atomic mass is 10.1. The number of hydrogen-bond acceptors (Lipinski definition) is 7. The molecule has 0 saturated heterocycles. The van der Waals surface area contributed by atoms with E-state index in [0.29, 0.717) is 17.4 Å². The van der Waals surface area contributed by atoms with Crippen LogP contribution < -0.4 is 10.6 Å². The maximum atomic E-state index is 12.8. The summed E-state index contributed by atoms with van der Waals surface area (Å²) in [4.78, 5) is 48.1. The second-order valence-corrected chi connectivity index (χ2v) is 8.17. The first-order chi connectivity index (χ1) is 16.9. The largest absolute Gasteiger partial charge is 0.467 e. The van der Waals surface area contributed by atoms with Crippen LogP contribution in [-0.2, 0) is 6.54 Å². The highest BCUT2D eigenvalue weighted by molar-refractivity contribution is 6.22. The highest BCUT2D eigenvalue weighted by Gasteiger charge is 2.36. The quantitative estimate of drug-likeness (QED) is 0.402. The van der Waals surface area contributed by atoms with E-state index in [1.54, 1.807) is 36.4 Å². The van der Waals surface area contributed by atoms with Crippen LogP contribution in [0, 0.1) is 13.8 Å². The van der Waals surface area contributed by atoms with Gasteiger partial charge in [-0.2, -0.15) is 0 Å². The molecule has 2 aromatic carbocycles. The second kappa shape index (κ2) is 8.86. The smallest absolute Gasteiger partial charge is 0.261 e. The number of anilines is 3. The average molecular weight is 467 g/mol. The monoisotopic (exact) mass is 467 g/mol. The van der Waals surface area contributed by atoms with E-state index in [1.165, 1.54) is 24.5 Å². The van der Waals surface area contributed by atoms with Gasteiger partial charge in [-0.15, -0.1) is 0 Å². The lowest BCUT2D eigenvalue weighted by Gasteiger charge is -2.11. The summed E-state index contributed by atoms with van der Waals surface area (Å²) in [7, 11) is 0. The Morgan fingerprint density at radius 1 is 0.886 bits per heavy atom. The minimum absolute atomic E-state index is 0.0361. The third kappa shape index (κ3) is 4.51. The molecule has 1 aliphatic heterocycles. The van der Waals surface area contributed by atoms with Crippen molar-refractivity contribution >= 4 is 35.0 Å². The number of hydrogen-bond donors (Lipinski definition) is 2. The number of imide groups is 1. The lowest BCUT2D eigenvalue weighted by molar-refractivity contribution is 0.0631. The highest BCUT2D eigenvalue weighted by Crippen LogP contribution is 2.26. The Bertz CT molecular complexity index is 1430. The number of rotatable bonds is 6. The van der Waals surface area contributed by atoms with Gasteiger partial charge in [-0.25, -0.2) is 9.97 Å². The van der Waals surface area contributed by atoms with Gasteiger partial charge in [0, 0.05) is 28.3 Å². The summed E-state index contributed by atoms with van der Waals surface area (Å²) < 4.78 is 5.25. The van der Waals surface area contributed by atoms with Gasteiger partial charge in [0.15, 0.2) is 0 Å². The Labute approximate surface area is 200 Å². The fraction of sp³-hybridized carbons (Fsp3) is 0.115. The molecule has 35 heavy (non-hydrogen) atoms. The highest BCUT2D eigenvalue weighted by atomic mass is 16.3. The van der Waals surface area contributed by atoms with Gasteiger partial charge in [-0.1, -0.05) is 0 Å². The van der Waals surface area contributed by atoms with Crippen molar-refractivity contribution in [1.82, 2.24) is 14.9 Å². The summed E-state index contributed by atoms with van der Waals surface area (Å²) >= 11 is 0. The van der Waals surface area contributed by atoms with Crippen LogP contribution in [0.1, 0.15) is 48.2 Å². The molecular formula is C26H21N5O4. The fourth-order valence-corrected chi connectivity index (χ4v) is 3.89. The van der Waals surface area contributed by atoms with Crippen molar-refractivity contribution in [1.29, 1.82) is 0 Å². The summed E-state index contributed by atoms with van der Waals surface area (Å²) in [5.41, 5.74) is 3.81. The minimum Gasteiger partial charge on any atom is -0.467 e. The molecule has 5 rings (SSSR count). The second-order valence-electron chi connectivity index (χ2n) is 8.17. The van der Waals surface area contributed by atoms with Crippen LogP contribution in [0.4, 0.5) is 17.3 Å². The van der Waals surface area contributed by atoms with Gasteiger partial charge in [0.2, 0.25) is 5.95 Å². The molecule has 2 N–H and O–H groups in total. The summed E-state index contributed by atoms with van der Waals surface area (Å²) in [5.74, 6) is -0.266. The molecule has 2 aromatic heterocycles. The molecule has 0 radical (unpaired) electrons. The van der Waals surface area contributed by atoms with Crippen molar-refractivity contribution in [3.8, 4) is 0 Å². The van der Waals surface area contributed by atoms with E-state index in [9.17, 15) is 14.4 Å². The van der Waals surface area contributed by atoms with E-state index in [-0.39, 0.29) is 23.2 Å². The summed E-state index contributed by atoms with van der Waals surface area (Å²) in [6.45, 7) is 3.84. The molecule has 174 valence electrons. The van der Waals surface area contributed by atoms with Gasteiger partial charge in [0.05, 0.1) is 23.9 Å². The molecule has 3 heterocycles. The van der Waals surface area contributed by atoms with Crippen molar-refractivity contribution in [2.75, 3.05) is 10.6 Å². The predicted molar refractivity (Wildman–Crippen MR) is 129 cm³/mol. The Hall–Kier alpha value is -4.79. The SMILES string of the molecule is Cc1cc(C)nc(Nc2ccc(NC(=O)c3ccc4c(c3)C(=O)N(Cc3ccco3)C4=O)cc2)n1. The molecule has 1 aliphatic rings. The molecule has 4 aromatic rings. The molecule has 0 spiro atoms. The van der Waals surface area contributed by atoms with E-state index in [4.69, 9.17) is 4.42 Å². The molecule has 0 atom stereocenters. The third-order valence-electron chi connectivity index (χ3n) is 5.51. The zero-order chi connectivity index (χ0) is 24.5. The van der Waals surface area contributed by atoms with E-state index in [1.807, 2.05) is 19.9 Å². The van der Waals surface area contributed by atoms with E-state index < -0.39 is 17.7 Å². The van der Waals surface area contributed by atoms with Crippen molar-refractivity contribution < 1.29 is 18.8 Å². The van der Waals surface area contributed by atoms with E-state index in [0.717, 1.165) is 22.0 Å². The van der Waals surface area contributed by atoms with Crippen LogP contribution in [0.25, 0.3) is 0 Å². The minimum atomic E-state index is -0.458. The Morgan fingerprint density at radius 2 is 1.57 bits per heavy atom. The van der Waals surface area contributed by atoms with Crippen molar-refractivity contribution in [3.63, 3.8) is 0 Å². The molecule has 9 heteroatoms. The Kier molecular flexibility index (Phi) is 5.58. The summed E-state index contributed by atoms with van der Waals surface area (Å²) in [6, 6.07) is 16.8. The van der Waals surface area contributed by atoms with Gasteiger partial charge in [-0.05, 0) is 74.5 Å². The first-order valence-electron chi connectivity index (χ1n) is 10.9. The number of carbonyl (C=O) groups is 3. The maximum absolute atomic E-state index is 12.8. The van der Waals surface area contributed by atoms with Gasteiger partial charge >= 0.3 is 0 Å². The molecule has 0 aliphatic carbocycles. The normalized spacial score (nSPS) is 12.6. The fourth-order valence-electron chi connectivity index (χ4n) is 3.89. The third-order valence-corrected chi connectivity index (χ3v) is 5.51. The van der Waals surface area contributed by atoms with Gasteiger partial charge < -0.3 is 15.1 Å². The molecular weight excluding hydrogens is 446 g/mol. The number of benzene rings is 2. The first kappa shape index (κ1) is 22.0. The summed E-state index contributed by atoms with van der Waals surface area (Å²) in [5, 5.41) is 5.95. The van der Waals surface area contributed by atoms with Crippen LogP contribution in [0.2, 0.25) is 0 Å². The molecule has 0 bridgehead atoms.